The van der Waals surface area contributed by atoms with E-state index in [2.05, 4.69) is 104 Å². The predicted molar refractivity (Wildman–Crippen MR) is 188 cm³/mol. The van der Waals surface area contributed by atoms with Crippen LogP contribution in [0.25, 0.3) is 83.7 Å². The molecule has 5 aromatic heterocycles. The molecule has 0 atom stereocenters. The Kier molecular flexibility index (Phi) is 7.51. The molecule has 9 aromatic rings. The van der Waals surface area contributed by atoms with Gasteiger partial charge in [-0.15, -0.1) is 53.6 Å². The Balaban J connectivity index is 0.00000336. The molecule has 6 nitrogen and oxygen atoms in total. The van der Waals surface area contributed by atoms with Crippen LogP contribution < -0.4 is 0 Å². The molecule has 7 heteroatoms. The summed E-state index contributed by atoms with van der Waals surface area (Å²) in [6.45, 7) is 0. The first kappa shape index (κ1) is 29.7. The second-order valence-electron chi connectivity index (χ2n) is 11.5. The molecule has 0 aliphatic heterocycles. The van der Waals surface area contributed by atoms with Crippen molar-refractivity contribution < 1.29 is 21.1 Å². The molecule has 0 aliphatic carbocycles. The van der Waals surface area contributed by atoms with Gasteiger partial charge in [-0.3, -0.25) is 15.0 Å². The summed E-state index contributed by atoms with van der Waals surface area (Å²) in [6, 6.07) is 48.7. The maximum atomic E-state index is 5.07. The minimum absolute atomic E-state index is 0. The fraction of sp³-hybridized carbons (Fsp3) is 0.0244. The van der Waals surface area contributed by atoms with Crippen molar-refractivity contribution in [3.05, 3.63) is 152 Å². The van der Waals surface area contributed by atoms with Crippen LogP contribution in [0.15, 0.2) is 140 Å². The number of aryl methyl sites for hydroxylation is 1. The van der Waals surface area contributed by atoms with Crippen LogP contribution in [0.5, 0.6) is 0 Å². The number of hydrogen-bond donors (Lipinski definition) is 0. The normalized spacial score (nSPS) is 11.3. The third-order valence-electron chi connectivity index (χ3n) is 8.68. The van der Waals surface area contributed by atoms with Crippen molar-refractivity contribution >= 4 is 32.8 Å². The van der Waals surface area contributed by atoms with Crippen molar-refractivity contribution in [3.8, 4) is 50.8 Å². The Bertz CT molecular complexity index is 2570. The number of pyridine rings is 3. The van der Waals surface area contributed by atoms with Crippen LogP contribution in [0.2, 0.25) is 0 Å². The van der Waals surface area contributed by atoms with Gasteiger partial charge in [-0.05, 0) is 70.8 Å². The zero-order chi connectivity index (χ0) is 31.3. The van der Waals surface area contributed by atoms with Crippen LogP contribution in [-0.4, -0.2) is 29.1 Å². The van der Waals surface area contributed by atoms with Gasteiger partial charge in [-0.25, -0.2) is 0 Å². The smallest absolute Gasteiger partial charge is 0.367 e. The van der Waals surface area contributed by atoms with Gasteiger partial charge in [-0.1, -0.05) is 47.9 Å². The van der Waals surface area contributed by atoms with E-state index in [1.54, 1.807) is 0 Å². The van der Waals surface area contributed by atoms with Gasteiger partial charge < -0.3 is 14.1 Å². The van der Waals surface area contributed by atoms with Crippen LogP contribution in [0, 0.1) is 12.1 Å². The molecule has 0 spiro atoms. The van der Waals surface area contributed by atoms with Crippen LogP contribution in [0.4, 0.5) is 0 Å². The quantitative estimate of drug-likeness (QED) is 0.163. The summed E-state index contributed by atoms with van der Waals surface area (Å²) in [4.78, 5) is 18.8. The van der Waals surface area contributed by atoms with Crippen molar-refractivity contribution in [2.75, 3.05) is 0 Å². The second kappa shape index (κ2) is 12.1. The number of fused-ring (bicyclic) bond motifs is 4. The first-order valence-electron chi connectivity index (χ1n) is 15.5. The molecule has 0 amide bonds. The van der Waals surface area contributed by atoms with Crippen molar-refractivity contribution in [1.29, 1.82) is 0 Å². The maximum Gasteiger partial charge on any atom is 2.00 e. The number of nitrogens with zero attached hydrogens (tertiary/aromatic N) is 6. The topological polar surface area (TPSA) is 61.4 Å². The minimum atomic E-state index is 0. The first-order chi connectivity index (χ1) is 23.2. The molecule has 48 heavy (non-hydrogen) atoms. The summed E-state index contributed by atoms with van der Waals surface area (Å²) in [7, 11) is 2.06. The largest absolute Gasteiger partial charge is 2.00 e. The van der Waals surface area contributed by atoms with Crippen LogP contribution in [-0.2, 0) is 28.1 Å². The van der Waals surface area contributed by atoms with Gasteiger partial charge in [0.2, 0.25) is 0 Å². The van der Waals surface area contributed by atoms with E-state index in [0.29, 0.717) is 0 Å². The summed E-state index contributed by atoms with van der Waals surface area (Å²) >= 11 is 0. The van der Waals surface area contributed by atoms with Crippen molar-refractivity contribution in [2.24, 2.45) is 7.05 Å². The average molecular weight is 798 g/mol. The molecule has 230 valence electrons. The predicted octanol–water partition coefficient (Wildman–Crippen LogP) is 9.12. The van der Waals surface area contributed by atoms with E-state index >= 15 is 0 Å². The molecule has 0 saturated carbocycles. The third-order valence-corrected chi connectivity index (χ3v) is 8.68. The summed E-state index contributed by atoms with van der Waals surface area (Å²) in [5.41, 5.74) is 11.6. The molecule has 4 aromatic carbocycles. The van der Waals surface area contributed by atoms with Crippen LogP contribution >= 0.6 is 0 Å². The van der Waals surface area contributed by atoms with Crippen molar-refractivity contribution in [1.82, 2.24) is 29.1 Å². The molecular formula is C41H26N6Pt. The van der Waals surface area contributed by atoms with E-state index < -0.39 is 0 Å². The van der Waals surface area contributed by atoms with Gasteiger partial charge in [0.25, 0.3) is 0 Å². The Morgan fingerprint density at radius 1 is 0.542 bits per heavy atom. The molecule has 0 fully saturated rings. The van der Waals surface area contributed by atoms with Crippen LogP contribution in [0.1, 0.15) is 0 Å². The Morgan fingerprint density at radius 2 is 1.23 bits per heavy atom. The van der Waals surface area contributed by atoms with Crippen molar-refractivity contribution in [3.63, 3.8) is 0 Å². The Morgan fingerprint density at radius 3 is 1.94 bits per heavy atom. The second-order valence-corrected chi connectivity index (χ2v) is 11.5. The number of benzene rings is 4. The van der Waals surface area contributed by atoms with Gasteiger partial charge in [0.15, 0.2) is 0 Å². The fourth-order valence-corrected chi connectivity index (χ4v) is 6.40. The number of rotatable bonds is 5. The third kappa shape index (κ3) is 5.02. The van der Waals surface area contributed by atoms with E-state index in [1.165, 1.54) is 0 Å². The fourth-order valence-electron chi connectivity index (χ4n) is 6.40. The minimum Gasteiger partial charge on any atom is -0.367 e. The summed E-state index contributed by atoms with van der Waals surface area (Å²) < 4.78 is 4.38. The first-order valence-corrected chi connectivity index (χ1v) is 15.5. The summed E-state index contributed by atoms with van der Waals surface area (Å²) in [5, 5.41) is 2.21. The van der Waals surface area contributed by atoms with Crippen LogP contribution in [0.3, 0.4) is 0 Å². The van der Waals surface area contributed by atoms with E-state index in [4.69, 9.17) is 4.98 Å². The zero-order valence-electron chi connectivity index (χ0n) is 25.8. The monoisotopic (exact) mass is 797 g/mol. The van der Waals surface area contributed by atoms with Gasteiger partial charge >= 0.3 is 21.1 Å². The molecule has 0 aliphatic rings. The van der Waals surface area contributed by atoms with Gasteiger partial charge in [0, 0.05) is 42.3 Å². The molecule has 0 radical (unpaired) electrons. The molecule has 0 N–H and O–H groups in total. The molecule has 0 bridgehead atoms. The Labute approximate surface area is 291 Å². The van der Waals surface area contributed by atoms with Crippen molar-refractivity contribution in [2.45, 2.75) is 0 Å². The van der Waals surface area contributed by atoms with E-state index in [0.717, 1.165) is 83.7 Å². The molecule has 0 unspecified atom stereocenters. The standard InChI is InChI=1S/C41H26N6.Pt/c1-46-40-25-29(36-13-4-7-22-44-36)15-18-37(40)45-41(46)30-14-17-32-33-24-28(35-12-3-6-21-43-35)16-19-38(33)47(39(32)26-30)31-10-8-9-27(23-31)34-11-2-5-20-42-34;/h2-22,24-25H,1H3;/q-2;+2. The van der Waals surface area contributed by atoms with Gasteiger partial charge in [0.05, 0.1) is 28.2 Å². The maximum absolute atomic E-state index is 5.07. The average Bonchev–Trinajstić information content (AvgIpc) is 3.66. The summed E-state index contributed by atoms with van der Waals surface area (Å²) in [6.07, 6.45) is 5.46. The zero-order valence-corrected chi connectivity index (χ0v) is 28.1. The van der Waals surface area contributed by atoms with Gasteiger partial charge in [-0.2, -0.15) is 0 Å². The van der Waals surface area contributed by atoms with E-state index in [1.807, 2.05) is 79.3 Å². The van der Waals surface area contributed by atoms with Gasteiger partial charge in [0.1, 0.15) is 0 Å². The van der Waals surface area contributed by atoms with E-state index in [-0.39, 0.29) is 21.1 Å². The molecule has 5 heterocycles. The van der Waals surface area contributed by atoms with E-state index in [9.17, 15) is 0 Å². The Hall–Kier alpha value is -5.71. The number of hydrogen-bond acceptors (Lipinski definition) is 4. The molecule has 0 saturated heterocycles. The number of aromatic nitrogens is 6. The molecular weight excluding hydrogens is 772 g/mol. The SMILES string of the molecule is Cn1c(-c2[c-]c3c(cc2)c2cc(-c4ccccn4)ccc2n3-c2[c-]c(-c3ccccn3)ccc2)nc2ccc(-c3ccccn3)cc21.[Pt+2]. The summed E-state index contributed by atoms with van der Waals surface area (Å²) in [5.74, 6) is 0.845. The number of imidazole rings is 1. The molecule has 9 rings (SSSR count).